The van der Waals surface area contributed by atoms with Gasteiger partial charge in [0.2, 0.25) is 0 Å². The Balaban J connectivity index is 6.01. The lowest BCUT2D eigenvalue weighted by Crippen LogP contribution is -2.61. The van der Waals surface area contributed by atoms with E-state index in [1.807, 2.05) is 48.1 Å². The summed E-state index contributed by atoms with van der Waals surface area (Å²) in [6.45, 7) is 18.6. The largest absolute Gasteiger partial charge is 0.414 e. The molecule has 0 aliphatic carbocycles. The average molecular weight is 415 g/mol. The molecule has 0 heterocycles. The van der Waals surface area contributed by atoms with Crippen LogP contribution in [0.25, 0.3) is 0 Å². The monoisotopic (exact) mass is 414 g/mol. The molecule has 0 aliphatic rings. The zero-order valence-electron chi connectivity index (χ0n) is 17.6. The number of rotatable bonds is 11. The van der Waals surface area contributed by atoms with E-state index in [9.17, 15) is 18.0 Å². The molecule has 1 N–H and O–H groups in total. The normalized spacial score (nSPS) is 21.4. The SMILES string of the molecule is C=C[Si](C)(O)O[C@](C)(CC)C(C)(C)[Si](C)(CCC(F)(F)F)OC(C)CC. The van der Waals surface area contributed by atoms with Crippen LogP contribution in [0, 0.1) is 0 Å². The molecule has 3 unspecified atom stereocenters. The van der Waals surface area contributed by atoms with Gasteiger partial charge in [0.15, 0.2) is 8.32 Å². The molecule has 0 saturated heterocycles. The Morgan fingerprint density at radius 1 is 1.15 bits per heavy atom. The standard InChI is InChI=1S/C18H37F3O3Si2/c1-10-15(4)23-25(8,14-13-18(19,20)21)16(5,6)17(7,11-2)24-26(9,22)12-3/h12,15,22H,3,10-11,13-14H2,1-2,4-9H3/t15?,17-,25?,26?/m1/s1. The Kier molecular flexibility index (Phi) is 8.84. The second kappa shape index (κ2) is 8.90. The first-order chi connectivity index (χ1) is 11.5. The number of hydrogen-bond donors (Lipinski definition) is 1. The molecule has 4 atom stereocenters. The molecular formula is C18H37F3O3Si2. The van der Waals surface area contributed by atoms with E-state index in [1.54, 1.807) is 6.55 Å². The highest BCUT2D eigenvalue weighted by atomic mass is 28.4. The Hall–Kier alpha value is -0.156. The fraction of sp³-hybridized carbons (Fsp3) is 0.889. The Morgan fingerprint density at radius 2 is 1.65 bits per heavy atom. The summed E-state index contributed by atoms with van der Waals surface area (Å²) in [6, 6.07) is -0.0371. The highest BCUT2D eigenvalue weighted by Crippen LogP contribution is 2.54. The molecule has 0 rings (SSSR count). The Morgan fingerprint density at radius 3 is 2.00 bits per heavy atom. The molecule has 8 heteroatoms. The molecule has 0 aromatic heterocycles. The molecule has 0 amide bonds. The van der Waals surface area contributed by atoms with Crippen LogP contribution >= 0.6 is 0 Å². The van der Waals surface area contributed by atoms with Crippen molar-refractivity contribution in [3.63, 3.8) is 0 Å². The third-order valence-corrected chi connectivity index (χ3v) is 13.0. The van der Waals surface area contributed by atoms with Crippen LogP contribution in [0.15, 0.2) is 12.3 Å². The van der Waals surface area contributed by atoms with E-state index < -0.39 is 40.1 Å². The van der Waals surface area contributed by atoms with Crippen LogP contribution in [0.3, 0.4) is 0 Å². The Bertz CT molecular complexity index is 469. The van der Waals surface area contributed by atoms with E-state index in [0.717, 1.165) is 6.42 Å². The van der Waals surface area contributed by atoms with Gasteiger partial charge in [-0.3, -0.25) is 0 Å². The van der Waals surface area contributed by atoms with Gasteiger partial charge < -0.3 is 13.6 Å². The number of hydrogen-bond acceptors (Lipinski definition) is 3. The average Bonchev–Trinajstić information content (AvgIpc) is 2.51. The highest BCUT2D eigenvalue weighted by molar-refractivity contribution is 6.76. The van der Waals surface area contributed by atoms with E-state index in [-0.39, 0.29) is 12.1 Å². The summed E-state index contributed by atoms with van der Waals surface area (Å²) >= 11 is 0. The van der Waals surface area contributed by atoms with E-state index >= 15 is 0 Å². The lowest BCUT2D eigenvalue weighted by Gasteiger charge is -2.54. The first-order valence-corrected chi connectivity index (χ1v) is 14.3. The minimum absolute atomic E-state index is 0.0371. The van der Waals surface area contributed by atoms with Crippen LogP contribution in [-0.4, -0.2) is 39.6 Å². The van der Waals surface area contributed by atoms with E-state index in [1.165, 1.54) is 5.70 Å². The van der Waals surface area contributed by atoms with Gasteiger partial charge in [0, 0.05) is 17.6 Å². The summed E-state index contributed by atoms with van der Waals surface area (Å²) in [6.07, 6.45) is -3.95. The third-order valence-electron chi connectivity index (χ3n) is 6.05. The van der Waals surface area contributed by atoms with Crippen molar-refractivity contribution in [3.8, 4) is 0 Å². The number of halogens is 3. The molecule has 0 aromatic rings. The van der Waals surface area contributed by atoms with Crippen molar-refractivity contribution in [2.45, 2.75) is 103 Å². The maximum Gasteiger partial charge on any atom is 0.388 e. The van der Waals surface area contributed by atoms with Crippen molar-refractivity contribution >= 4 is 16.9 Å². The van der Waals surface area contributed by atoms with Gasteiger partial charge in [0.1, 0.15) is 0 Å². The first kappa shape index (κ1) is 25.8. The zero-order chi connectivity index (χ0) is 21.0. The van der Waals surface area contributed by atoms with Gasteiger partial charge in [-0.1, -0.05) is 33.4 Å². The molecular weight excluding hydrogens is 377 g/mol. The van der Waals surface area contributed by atoms with Crippen LogP contribution in [0.2, 0.25) is 24.2 Å². The molecule has 0 aliphatic heterocycles. The number of alkyl halides is 3. The molecule has 0 bridgehead atoms. The second-order valence-electron chi connectivity index (χ2n) is 8.25. The molecule has 156 valence electrons. The first-order valence-electron chi connectivity index (χ1n) is 9.30. The van der Waals surface area contributed by atoms with Crippen LogP contribution in [0.4, 0.5) is 13.2 Å². The fourth-order valence-electron chi connectivity index (χ4n) is 3.13. The minimum Gasteiger partial charge on any atom is -0.414 e. The van der Waals surface area contributed by atoms with Gasteiger partial charge in [0.05, 0.1) is 5.60 Å². The van der Waals surface area contributed by atoms with Gasteiger partial charge in [0.25, 0.3) is 0 Å². The lowest BCUT2D eigenvalue weighted by molar-refractivity contribution is -0.131. The van der Waals surface area contributed by atoms with Gasteiger partial charge >= 0.3 is 14.7 Å². The maximum absolute atomic E-state index is 13.0. The third kappa shape index (κ3) is 6.47. The molecule has 0 fully saturated rings. The van der Waals surface area contributed by atoms with Crippen molar-refractivity contribution < 1.29 is 26.8 Å². The summed E-state index contributed by atoms with van der Waals surface area (Å²) in [7, 11) is -6.03. The predicted octanol–water partition coefficient (Wildman–Crippen LogP) is 6.08. The van der Waals surface area contributed by atoms with E-state index in [0.29, 0.717) is 6.42 Å². The lowest BCUT2D eigenvalue weighted by atomic mass is 9.89. The summed E-state index contributed by atoms with van der Waals surface area (Å²) in [5.74, 6) is 0. The van der Waals surface area contributed by atoms with Crippen LogP contribution < -0.4 is 0 Å². The van der Waals surface area contributed by atoms with Gasteiger partial charge in [-0.05, 0) is 45.8 Å². The van der Waals surface area contributed by atoms with Crippen molar-refractivity contribution in [2.75, 3.05) is 0 Å². The van der Waals surface area contributed by atoms with Crippen LogP contribution in [-0.2, 0) is 8.85 Å². The molecule has 26 heavy (non-hydrogen) atoms. The zero-order valence-corrected chi connectivity index (χ0v) is 19.6. The van der Waals surface area contributed by atoms with Crippen molar-refractivity contribution in [3.05, 3.63) is 12.3 Å². The van der Waals surface area contributed by atoms with Gasteiger partial charge in [-0.25, -0.2) is 0 Å². The summed E-state index contributed by atoms with van der Waals surface area (Å²) < 4.78 is 51.4. The van der Waals surface area contributed by atoms with Gasteiger partial charge in [-0.2, -0.15) is 13.2 Å². The second-order valence-corrected chi connectivity index (χ2v) is 15.4. The fourth-order valence-corrected chi connectivity index (χ4v) is 8.82. The van der Waals surface area contributed by atoms with Crippen LogP contribution in [0.1, 0.15) is 60.8 Å². The highest BCUT2D eigenvalue weighted by Gasteiger charge is 2.58. The van der Waals surface area contributed by atoms with E-state index in [2.05, 4.69) is 6.58 Å². The summed E-state index contributed by atoms with van der Waals surface area (Å²) in [5, 5.41) is -0.663. The predicted molar refractivity (Wildman–Crippen MR) is 106 cm³/mol. The smallest absolute Gasteiger partial charge is 0.388 e. The van der Waals surface area contributed by atoms with Crippen molar-refractivity contribution in [2.24, 2.45) is 0 Å². The quantitative estimate of drug-likeness (QED) is 0.416. The van der Waals surface area contributed by atoms with Gasteiger partial charge in [-0.15, -0.1) is 6.58 Å². The molecule has 0 radical (unpaired) electrons. The van der Waals surface area contributed by atoms with E-state index in [4.69, 9.17) is 8.85 Å². The molecule has 0 aromatic carbocycles. The van der Waals surface area contributed by atoms with Crippen molar-refractivity contribution in [1.82, 2.24) is 0 Å². The van der Waals surface area contributed by atoms with Crippen LogP contribution in [0.5, 0.6) is 0 Å². The summed E-state index contributed by atoms with van der Waals surface area (Å²) in [5.41, 5.74) is 0.609. The Labute approximate surface area is 159 Å². The van der Waals surface area contributed by atoms with Crippen molar-refractivity contribution in [1.29, 1.82) is 0 Å². The topological polar surface area (TPSA) is 38.7 Å². The summed E-state index contributed by atoms with van der Waals surface area (Å²) in [4.78, 5) is 10.5. The molecule has 3 nitrogen and oxygen atoms in total. The molecule has 0 spiro atoms. The molecule has 0 saturated carbocycles. The minimum atomic E-state index is -4.23. The maximum atomic E-state index is 13.0.